The van der Waals surface area contributed by atoms with E-state index in [-0.39, 0.29) is 5.60 Å². The minimum atomic E-state index is -0.277. The molecule has 1 aliphatic carbocycles. The zero-order valence-corrected chi connectivity index (χ0v) is 7.02. The molecule has 0 spiro atoms. The van der Waals surface area contributed by atoms with Crippen LogP contribution >= 0.6 is 22.6 Å². The van der Waals surface area contributed by atoms with Crippen LogP contribution in [0.15, 0.2) is 0 Å². The molecule has 1 rings (SSSR count). The maximum atomic E-state index is 9.49. The van der Waals surface area contributed by atoms with Crippen LogP contribution in [0.5, 0.6) is 0 Å². The Hall–Kier alpha value is 0.690. The van der Waals surface area contributed by atoms with Crippen LogP contribution in [-0.4, -0.2) is 15.1 Å². The maximum absolute atomic E-state index is 9.49. The molecule has 2 heteroatoms. The molecule has 8 heavy (non-hydrogen) atoms. The molecule has 1 nitrogen and oxygen atoms in total. The normalized spacial score (nSPS) is 26.2. The molecule has 1 aliphatic rings. The zero-order valence-electron chi connectivity index (χ0n) is 4.86. The van der Waals surface area contributed by atoms with E-state index in [1.807, 2.05) is 0 Å². The lowest BCUT2D eigenvalue weighted by Crippen LogP contribution is -2.25. The molecule has 0 bridgehead atoms. The molecule has 0 saturated heterocycles. The predicted molar refractivity (Wildman–Crippen MR) is 42.3 cm³/mol. The lowest BCUT2D eigenvalue weighted by molar-refractivity contribution is 0.0764. The van der Waals surface area contributed by atoms with Crippen molar-refractivity contribution in [3.05, 3.63) is 0 Å². The third-order valence-corrected chi connectivity index (χ3v) is 3.20. The van der Waals surface area contributed by atoms with Crippen LogP contribution in [0, 0.1) is 0 Å². The molecule has 1 saturated carbocycles. The third-order valence-electron chi connectivity index (χ3n) is 1.78. The van der Waals surface area contributed by atoms with Crippen LogP contribution in [0.25, 0.3) is 0 Å². The Morgan fingerprint density at radius 2 is 1.88 bits per heavy atom. The standard InChI is InChI=1S/C6H11IO/c7-5-6(8)3-1-2-4-6/h8H,1-5H2. The van der Waals surface area contributed by atoms with E-state index in [0.717, 1.165) is 17.3 Å². The molecule has 48 valence electrons. The largest absolute Gasteiger partial charge is 0.389 e. The smallest absolute Gasteiger partial charge is 0.0736 e. The fourth-order valence-corrected chi connectivity index (χ4v) is 1.93. The van der Waals surface area contributed by atoms with E-state index in [4.69, 9.17) is 0 Å². The van der Waals surface area contributed by atoms with E-state index >= 15 is 0 Å². The summed E-state index contributed by atoms with van der Waals surface area (Å²) in [5.74, 6) is 0. The number of hydrogen-bond acceptors (Lipinski definition) is 1. The van der Waals surface area contributed by atoms with Gasteiger partial charge >= 0.3 is 0 Å². The highest BCUT2D eigenvalue weighted by Crippen LogP contribution is 2.30. The summed E-state index contributed by atoms with van der Waals surface area (Å²) in [7, 11) is 0. The number of hydrogen-bond donors (Lipinski definition) is 1. The lowest BCUT2D eigenvalue weighted by atomic mass is 10.1. The van der Waals surface area contributed by atoms with E-state index in [0.29, 0.717) is 0 Å². The Morgan fingerprint density at radius 3 is 2.12 bits per heavy atom. The summed E-state index contributed by atoms with van der Waals surface area (Å²) in [6.07, 6.45) is 4.49. The first-order valence-corrected chi connectivity index (χ1v) is 4.58. The molecule has 0 amide bonds. The number of alkyl halides is 1. The molecule has 1 fully saturated rings. The van der Waals surface area contributed by atoms with Gasteiger partial charge in [0, 0.05) is 4.43 Å². The van der Waals surface area contributed by atoms with Gasteiger partial charge in [0.05, 0.1) is 5.60 Å². The lowest BCUT2D eigenvalue weighted by Gasteiger charge is -2.17. The monoisotopic (exact) mass is 226 g/mol. The van der Waals surface area contributed by atoms with Gasteiger partial charge < -0.3 is 5.11 Å². The summed E-state index contributed by atoms with van der Waals surface area (Å²) in [6, 6.07) is 0. The molecular formula is C6H11IO. The van der Waals surface area contributed by atoms with Crippen molar-refractivity contribution in [3.63, 3.8) is 0 Å². The van der Waals surface area contributed by atoms with Gasteiger partial charge in [-0.25, -0.2) is 0 Å². The van der Waals surface area contributed by atoms with Crippen molar-refractivity contribution >= 4 is 22.6 Å². The molecule has 0 heterocycles. The number of halogens is 1. The van der Waals surface area contributed by atoms with Gasteiger partial charge in [-0.05, 0) is 12.8 Å². The Bertz CT molecular complexity index is 76.6. The van der Waals surface area contributed by atoms with Crippen LogP contribution in [0.3, 0.4) is 0 Å². The average molecular weight is 226 g/mol. The Morgan fingerprint density at radius 1 is 1.38 bits per heavy atom. The van der Waals surface area contributed by atoms with Crippen LogP contribution < -0.4 is 0 Å². The van der Waals surface area contributed by atoms with Gasteiger partial charge in [0.2, 0.25) is 0 Å². The minimum absolute atomic E-state index is 0.277. The second-order valence-electron chi connectivity index (χ2n) is 2.57. The SMILES string of the molecule is OC1(CI)CCCC1. The number of rotatable bonds is 1. The molecule has 0 unspecified atom stereocenters. The van der Waals surface area contributed by atoms with Crippen molar-refractivity contribution in [1.82, 2.24) is 0 Å². The summed E-state index contributed by atoms with van der Waals surface area (Å²) in [4.78, 5) is 0. The molecule has 0 aliphatic heterocycles. The van der Waals surface area contributed by atoms with Gasteiger partial charge in [0.1, 0.15) is 0 Å². The van der Waals surface area contributed by atoms with E-state index < -0.39 is 0 Å². The van der Waals surface area contributed by atoms with Crippen molar-refractivity contribution < 1.29 is 5.11 Å². The second kappa shape index (κ2) is 2.52. The Labute approximate surface area is 63.6 Å². The van der Waals surface area contributed by atoms with Gasteiger partial charge in [-0.1, -0.05) is 35.4 Å². The first kappa shape index (κ1) is 6.81. The summed E-state index contributed by atoms with van der Waals surface area (Å²) < 4.78 is 0.908. The first-order valence-electron chi connectivity index (χ1n) is 3.05. The highest BCUT2D eigenvalue weighted by molar-refractivity contribution is 14.1. The highest BCUT2D eigenvalue weighted by Gasteiger charge is 2.29. The molecule has 1 N–H and O–H groups in total. The number of aliphatic hydroxyl groups is 1. The highest BCUT2D eigenvalue weighted by atomic mass is 127. The minimum Gasteiger partial charge on any atom is -0.389 e. The van der Waals surface area contributed by atoms with Crippen LogP contribution in [0.2, 0.25) is 0 Å². The molecule has 0 aromatic rings. The van der Waals surface area contributed by atoms with Crippen LogP contribution in [0.4, 0.5) is 0 Å². The van der Waals surface area contributed by atoms with Gasteiger partial charge in [-0.2, -0.15) is 0 Å². The van der Waals surface area contributed by atoms with Gasteiger partial charge in [0.15, 0.2) is 0 Å². The van der Waals surface area contributed by atoms with Crippen molar-refractivity contribution in [2.24, 2.45) is 0 Å². The van der Waals surface area contributed by atoms with E-state index in [1.165, 1.54) is 12.8 Å². The van der Waals surface area contributed by atoms with Crippen LogP contribution in [-0.2, 0) is 0 Å². The molecule has 0 atom stereocenters. The summed E-state index contributed by atoms with van der Waals surface area (Å²) in [6.45, 7) is 0. The van der Waals surface area contributed by atoms with Gasteiger partial charge in [0.25, 0.3) is 0 Å². The van der Waals surface area contributed by atoms with Crippen molar-refractivity contribution in [2.45, 2.75) is 31.3 Å². The molecule has 0 aromatic carbocycles. The predicted octanol–water partition coefficient (Wildman–Crippen LogP) is 1.73. The Balaban J connectivity index is 2.40. The summed E-state index contributed by atoms with van der Waals surface area (Å²) in [5.41, 5.74) is -0.277. The summed E-state index contributed by atoms with van der Waals surface area (Å²) in [5, 5.41) is 9.49. The summed E-state index contributed by atoms with van der Waals surface area (Å²) >= 11 is 2.26. The zero-order chi connectivity index (χ0) is 6.04. The third kappa shape index (κ3) is 1.35. The first-order chi connectivity index (χ1) is 3.77. The fourth-order valence-electron chi connectivity index (χ4n) is 1.17. The van der Waals surface area contributed by atoms with Crippen molar-refractivity contribution in [3.8, 4) is 0 Å². The van der Waals surface area contributed by atoms with Gasteiger partial charge in [-0.3, -0.25) is 0 Å². The Kier molecular flexibility index (Phi) is 2.14. The second-order valence-corrected chi connectivity index (χ2v) is 3.33. The van der Waals surface area contributed by atoms with Gasteiger partial charge in [-0.15, -0.1) is 0 Å². The maximum Gasteiger partial charge on any atom is 0.0736 e. The van der Waals surface area contributed by atoms with E-state index in [9.17, 15) is 5.11 Å². The van der Waals surface area contributed by atoms with Crippen molar-refractivity contribution in [1.29, 1.82) is 0 Å². The molecule has 0 aromatic heterocycles. The average Bonchev–Trinajstić information content (AvgIpc) is 2.17. The van der Waals surface area contributed by atoms with Crippen LogP contribution in [0.1, 0.15) is 25.7 Å². The quantitative estimate of drug-likeness (QED) is 0.533. The van der Waals surface area contributed by atoms with E-state index in [1.54, 1.807) is 0 Å². The van der Waals surface area contributed by atoms with E-state index in [2.05, 4.69) is 22.6 Å². The van der Waals surface area contributed by atoms with Crippen molar-refractivity contribution in [2.75, 3.05) is 4.43 Å². The fraction of sp³-hybridized carbons (Fsp3) is 1.00. The topological polar surface area (TPSA) is 20.2 Å². The molecular weight excluding hydrogens is 215 g/mol. The molecule has 0 radical (unpaired) electrons.